The van der Waals surface area contributed by atoms with Crippen LogP contribution in [0.1, 0.15) is 23.3 Å². The van der Waals surface area contributed by atoms with Gasteiger partial charge in [0, 0.05) is 22.8 Å². The maximum absolute atomic E-state index is 6.68. The third-order valence-electron chi connectivity index (χ3n) is 8.31. The van der Waals surface area contributed by atoms with Gasteiger partial charge in [0.15, 0.2) is 0 Å². The van der Waals surface area contributed by atoms with Crippen LogP contribution in [0.15, 0.2) is 131 Å². The van der Waals surface area contributed by atoms with Crippen molar-refractivity contribution in [3.8, 4) is 11.1 Å². The summed E-state index contributed by atoms with van der Waals surface area (Å²) in [5, 5.41) is 4.80. The van der Waals surface area contributed by atoms with Gasteiger partial charge in [0.2, 0.25) is 5.88 Å². The molecule has 42 heavy (non-hydrogen) atoms. The lowest BCUT2D eigenvalue weighted by atomic mass is 10.0. The average Bonchev–Trinajstić information content (AvgIpc) is 3.53. The van der Waals surface area contributed by atoms with E-state index in [1.807, 2.05) is 12.1 Å². The van der Waals surface area contributed by atoms with E-state index in [1.165, 1.54) is 32.7 Å². The molecule has 4 nitrogen and oxygen atoms in total. The van der Waals surface area contributed by atoms with Gasteiger partial charge in [-0.1, -0.05) is 103 Å². The van der Waals surface area contributed by atoms with E-state index in [9.17, 15) is 0 Å². The summed E-state index contributed by atoms with van der Waals surface area (Å²) in [5.74, 6) is 2.16. The van der Waals surface area contributed by atoms with Crippen molar-refractivity contribution in [2.24, 2.45) is 4.99 Å². The average molecular weight is 544 g/mol. The molecule has 7 aromatic rings. The number of para-hydroxylation sites is 1. The lowest BCUT2D eigenvalue weighted by Crippen LogP contribution is -2.15. The van der Waals surface area contributed by atoms with Gasteiger partial charge in [0.1, 0.15) is 17.3 Å². The van der Waals surface area contributed by atoms with Crippen molar-refractivity contribution in [3.05, 3.63) is 138 Å². The Morgan fingerprint density at radius 2 is 1.50 bits per heavy atom. The number of nitrogen functional groups attached to an aromatic ring is 1. The highest BCUT2D eigenvalue weighted by molar-refractivity contribution is 6.17. The fourth-order valence-corrected chi connectivity index (χ4v) is 6.27. The molecule has 8 rings (SSSR count). The van der Waals surface area contributed by atoms with Gasteiger partial charge in [-0.05, 0) is 64.6 Å². The Bertz CT molecular complexity index is 2180. The van der Waals surface area contributed by atoms with E-state index in [1.54, 1.807) is 0 Å². The number of fused-ring (bicyclic) bond motifs is 5. The van der Waals surface area contributed by atoms with Gasteiger partial charge in [-0.25, -0.2) is 0 Å². The molecule has 0 saturated carbocycles. The molecule has 0 amide bonds. The van der Waals surface area contributed by atoms with Crippen molar-refractivity contribution in [2.45, 2.75) is 19.3 Å². The van der Waals surface area contributed by atoms with E-state index in [0.717, 1.165) is 46.6 Å². The first-order valence-corrected chi connectivity index (χ1v) is 14.4. The molecule has 0 unspecified atom stereocenters. The fraction of sp³-hybridized carbons (Fsp3) is 0.0789. The largest absolute Gasteiger partial charge is 0.437 e. The van der Waals surface area contributed by atoms with E-state index in [4.69, 9.17) is 15.1 Å². The SMILES string of the molecule is Nc1c(N=C(Cc2cccc(-c3ccccc3)c2)n2c3ccccc3c3cc4ccccc4cc32)oc2c1CCC=C2. The van der Waals surface area contributed by atoms with E-state index in [2.05, 4.69) is 120 Å². The first-order chi connectivity index (χ1) is 20.7. The number of anilines is 1. The van der Waals surface area contributed by atoms with Gasteiger partial charge >= 0.3 is 0 Å². The molecule has 4 heteroatoms. The Morgan fingerprint density at radius 1 is 0.738 bits per heavy atom. The Morgan fingerprint density at radius 3 is 2.36 bits per heavy atom. The number of furan rings is 1. The minimum atomic E-state index is 0.479. The first-order valence-electron chi connectivity index (χ1n) is 14.4. The number of allylic oxidation sites excluding steroid dienone is 1. The Hall–Kier alpha value is -5.35. The third-order valence-corrected chi connectivity index (χ3v) is 8.31. The van der Waals surface area contributed by atoms with Crippen molar-refractivity contribution in [1.82, 2.24) is 4.57 Å². The molecule has 5 aromatic carbocycles. The summed E-state index contributed by atoms with van der Waals surface area (Å²) in [6, 6.07) is 40.9. The summed E-state index contributed by atoms with van der Waals surface area (Å²) in [7, 11) is 0. The number of aromatic nitrogens is 1. The molecule has 0 radical (unpaired) electrons. The summed E-state index contributed by atoms with van der Waals surface area (Å²) in [6.07, 6.45) is 6.57. The van der Waals surface area contributed by atoms with Gasteiger partial charge < -0.3 is 10.2 Å². The lowest BCUT2D eigenvalue weighted by molar-refractivity contribution is 0.561. The zero-order valence-electron chi connectivity index (χ0n) is 23.1. The van der Waals surface area contributed by atoms with Crippen LogP contribution in [0.2, 0.25) is 0 Å². The first kappa shape index (κ1) is 24.4. The van der Waals surface area contributed by atoms with Crippen molar-refractivity contribution >= 4 is 56.1 Å². The molecule has 2 heterocycles. The predicted molar refractivity (Wildman–Crippen MR) is 176 cm³/mol. The van der Waals surface area contributed by atoms with E-state index >= 15 is 0 Å². The third kappa shape index (κ3) is 4.11. The smallest absolute Gasteiger partial charge is 0.244 e. The van der Waals surface area contributed by atoms with Crippen LogP contribution >= 0.6 is 0 Å². The predicted octanol–water partition coefficient (Wildman–Crippen LogP) is 9.57. The van der Waals surface area contributed by atoms with Crippen LogP contribution in [-0.2, 0) is 12.8 Å². The second-order valence-electron chi connectivity index (χ2n) is 10.9. The van der Waals surface area contributed by atoms with Crippen molar-refractivity contribution in [2.75, 3.05) is 5.73 Å². The second-order valence-corrected chi connectivity index (χ2v) is 10.9. The van der Waals surface area contributed by atoms with Gasteiger partial charge in [-0.15, -0.1) is 0 Å². The molecule has 2 N–H and O–H groups in total. The van der Waals surface area contributed by atoms with E-state index < -0.39 is 0 Å². The van der Waals surface area contributed by atoms with Gasteiger partial charge in [0.25, 0.3) is 0 Å². The molecule has 1 aliphatic rings. The molecule has 1 aliphatic carbocycles. The van der Waals surface area contributed by atoms with Gasteiger partial charge in [0.05, 0.1) is 11.0 Å². The standard InChI is InChI=1S/C38H29N3O/c39-37-31-18-7-9-20-35(31)42-38(37)40-36(22-25-11-10-16-27(21-25)26-12-2-1-3-13-26)41-33-19-8-6-17-30(33)32-23-28-14-4-5-15-29(28)24-34(32)41/h1-6,8-17,19-21,23-24H,7,18,22,39H2. The highest BCUT2D eigenvalue weighted by atomic mass is 16.4. The van der Waals surface area contributed by atoms with Crippen molar-refractivity contribution in [1.29, 1.82) is 0 Å². The quantitative estimate of drug-likeness (QED) is 0.177. The Balaban J connectivity index is 1.37. The molecule has 0 aliphatic heterocycles. The number of hydrogen-bond donors (Lipinski definition) is 1. The van der Waals surface area contributed by atoms with Gasteiger partial charge in [-0.2, -0.15) is 4.99 Å². The molecule has 0 atom stereocenters. The van der Waals surface area contributed by atoms with E-state index in [0.29, 0.717) is 18.0 Å². The van der Waals surface area contributed by atoms with E-state index in [-0.39, 0.29) is 0 Å². The van der Waals surface area contributed by atoms with Crippen molar-refractivity contribution < 1.29 is 4.42 Å². The van der Waals surface area contributed by atoms with Crippen LogP contribution in [0.3, 0.4) is 0 Å². The summed E-state index contributed by atoms with van der Waals surface area (Å²) < 4.78 is 8.57. The summed E-state index contributed by atoms with van der Waals surface area (Å²) >= 11 is 0. The number of nitrogens with two attached hydrogens (primary N) is 1. The summed E-state index contributed by atoms with van der Waals surface area (Å²) in [4.78, 5) is 5.24. The lowest BCUT2D eigenvalue weighted by Gasteiger charge is -2.13. The number of hydrogen-bond acceptors (Lipinski definition) is 3. The highest BCUT2D eigenvalue weighted by Gasteiger charge is 2.21. The maximum atomic E-state index is 6.68. The molecule has 0 spiro atoms. The molecule has 2 aromatic heterocycles. The molecular formula is C38H29N3O. The van der Waals surface area contributed by atoms with Crippen LogP contribution in [0.25, 0.3) is 49.8 Å². The normalized spacial score (nSPS) is 13.3. The summed E-state index contributed by atoms with van der Waals surface area (Å²) in [5.41, 5.74) is 14.1. The molecular weight excluding hydrogens is 514 g/mol. The molecule has 202 valence electrons. The molecule has 0 fully saturated rings. The Labute approximate surface area is 244 Å². The fourth-order valence-electron chi connectivity index (χ4n) is 6.27. The monoisotopic (exact) mass is 543 g/mol. The molecule has 0 bridgehead atoms. The van der Waals surface area contributed by atoms with Crippen LogP contribution in [-0.4, -0.2) is 10.4 Å². The summed E-state index contributed by atoms with van der Waals surface area (Å²) in [6.45, 7) is 0. The van der Waals surface area contributed by atoms with Crippen molar-refractivity contribution in [3.63, 3.8) is 0 Å². The Kier molecular flexibility index (Phi) is 5.78. The number of nitrogens with zero attached hydrogens (tertiary/aromatic N) is 2. The maximum Gasteiger partial charge on any atom is 0.244 e. The highest BCUT2D eigenvalue weighted by Crippen LogP contribution is 2.38. The van der Waals surface area contributed by atoms with Crippen LogP contribution < -0.4 is 5.73 Å². The minimum absolute atomic E-state index is 0.479. The zero-order valence-corrected chi connectivity index (χ0v) is 23.1. The number of aliphatic imine (C=N–C) groups is 1. The second kappa shape index (κ2) is 9.93. The zero-order chi connectivity index (χ0) is 28.0. The van der Waals surface area contributed by atoms with Gasteiger partial charge in [-0.3, -0.25) is 4.57 Å². The van der Waals surface area contributed by atoms with Crippen LogP contribution in [0.4, 0.5) is 11.6 Å². The van der Waals surface area contributed by atoms with Crippen LogP contribution in [0, 0.1) is 0 Å². The van der Waals surface area contributed by atoms with Crippen LogP contribution in [0.5, 0.6) is 0 Å². The topological polar surface area (TPSA) is 56.4 Å². The minimum Gasteiger partial charge on any atom is -0.437 e. The number of benzene rings is 5. The molecule has 0 saturated heterocycles. The number of rotatable bonds is 4.